The SMILES string of the molecule is CNCCCC(=O)N1CCCC1c1cccc(OC)c1. The Morgan fingerprint density at radius 3 is 3.10 bits per heavy atom. The van der Waals surface area contributed by atoms with Gasteiger partial charge in [-0.3, -0.25) is 4.79 Å². The molecule has 0 aromatic heterocycles. The van der Waals surface area contributed by atoms with E-state index in [1.165, 1.54) is 5.56 Å². The summed E-state index contributed by atoms with van der Waals surface area (Å²) in [6, 6.07) is 8.29. The number of benzene rings is 1. The summed E-state index contributed by atoms with van der Waals surface area (Å²) in [6.45, 7) is 1.77. The van der Waals surface area contributed by atoms with Crippen molar-refractivity contribution in [1.82, 2.24) is 10.2 Å². The van der Waals surface area contributed by atoms with E-state index in [0.29, 0.717) is 6.42 Å². The quantitative estimate of drug-likeness (QED) is 0.811. The van der Waals surface area contributed by atoms with Crippen LogP contribution in [0.25, 0.3) is 0 Å². The summed E-state index contributed by atoms with van der Waals surface area (Å²) in [7, 11) is 3.59. The Bertz CT molecular complexity index is 448. The van der Waals surface area contributed by atoms with Crippen LogP contribution in [0.15, 0.2) is 24.3 Å². The van der Waals surface area contributed by atoms with Crippen LogP contribution >= 0.6 is 0 Å². The summed E-state index contributed by atoms with van der Waals surface area (Å²) >= 11 is 0. The molecule has 0 spiro atoms. The van der Waals surface area contributed by atoms with Crippen LogP contribution in [0.4, 0.5) is 0 Å². The Balaban J connectivity index is 2.04. The van der Waals surface area contributed by atoms with Crippen LogP contribution in [0.5, 0.6) is 5.75 Å². The number of hydrogen-bond donors (Lipinski definition) is 1. The van der Waals surface area contributed by atoms with E-state index in [9.17, 15) is 4.79 Å². The molecular weight excluding hydrogens is 252 g/mol. The molecule has 1 N–H and O–H groups in total. The Morgan fingerprint density at radius 1 is 1.50 bits per heavy atom. The van der Waals surface area contributed by atoms with Crippen molar-refractivity contribution in [3.05, 3.63) is 29.8 Å². The fourth-order valence-electron chi connectivity index (χ4n) is 2.82. The third-order valence-electron chi connectivity index (χ3n) is 3.87. The first kappa shape index (κ1) is 14.9. The van der Waals surface area contributed by atoms with Crippen LogP contribution < -0.4 is 10.1 Å². The molecule has 1 aromatic rings. The van der Waals surface area contributed by atoms with Gasteiger partial charge in [0.25, 0.3) is 0 Å². The Morgan fingerprint density at radius 2 is 2.35 bits per heavy atom. The highest BCUT2D eigenvalue weighted by atomic mass is 16.5. The number of amides is 1. The summed E-state index contributed by atoms with van der Waals surface area (Å²) in [5.41, 5.74) is 1.18. The average Bonchev–Trinajstić information content (AvgIpc) is 2.97. The van der Waals surface area contributed by atoms with Gasteiger partial charge in [0.15, 0.2) is 0 Å². The van der Waals surface area contributed by atoms with Crippen LogP contribution in [-0.4, -0.2) is 38.1 Å². The lowest BCUT2D eigenvalue weighted by molar-refractivity contribution is -0.132. The minimum absolute atomic E-state index is 0.215. The molecule has 1 fully saturated rings. The molecule has 1 aliphatic heterocycles. The summed E-state index contributed by atoms with van der Waals surface area (Å²) in [5.74, 6) is 1.13. The van der Waals surface area contributed by atoms with Crippen molar-refractivity contribution in [2.24, 2.45) is 0 Å². The Kier molecular flexibility index (Phi) is 5.41. The summed E-state index contributed by atoms with van der Waals surface area (Å²) in [4.78, 5) is 14.4. The van der Waals surface area contributed by atoms with E-state index in [2.05, 4.69) is 11.4 Å². The van der Waals surface area contributed by atoms with Crippen molar-refractivity contribution in [3.63, 3.8) is 0 Å². The molecule has 0 aliphatic carbocycles. The minimum Gasteiger partial charge on any atom is -0.497 e. The van der Waals surface area contributed by atoms with Crippen LogP contribution in [0.3, 0.4) is 0 Å². The maximum absolute atomic E-state index is 12.3. The van der Waals surface area contributed by atoms with Crippen LogP contribution in [0.1, 0.15) is 37.3 Å². The summed E-state index contributed by atoms with van der Waals surface area (Å²) in [5, 5.41) is 3.08. The van der Waals surface area contributed by atoms with Crippen LogP contribution in [-0.2, 0) is 4.79 Å². The van der Waals surface area contributed by atoms with E-state index in [4.69, 9.17) is 4.74 Å². The molecule has 4 heteroatoms. The molecule has 1 saturated heterocycles. The number of carbonyl (C=O) groups excluding carboxylic acids is 1. The maximum atomic E-state index is 12.3. The van der Waals surface area contributed by atoms with E-state index < -0.39 is 0 Å². The first-order valence-electron chi connectivity index (χ1n) is 7.34. The van der Waals surface area contributed by atoms with Gasteiger partial charge in [-0.2, -0.15) is 0 Å². The number of ether oxygens (including phenoxy) is 1. The molecule has 110 valence electrons. The fourth-order valence-corrected chi connectivity index (χ4v) is 2.82. The topological polar surface area (TPSA) is 41.6 Å². The second-order valence-electron chi connectivity index (χ2n) is 5.23. The second-order valence-corrected chi connectivity index (χ2v) is 5.23. The molecule has 2 rings (SSSR count). The molecular formula is C16H24N2O2. The molecule has 1 aromatic carbocycles. The van der Waals surface area contributed by atoms with Gasteiger partial charge < -0.3 is 15.0 Å². The van der Waals surface area contributed by atoms with E-state index >= 15 is 0 Å². The number of carbonyl (C=O) groups is 1. The second kappa shape index (κ2) is 7.29. The third kappa shape index (κ3) is 3.51. The zero-order valence-corrected chi connectivity index (χ0v) is 12.4. The van der Waals surface area contributed by atoms with Crippen molar-refractivity contribution < 1.29 is 9.53 Å². The molecule has 1 aliphatic rings. The molecule has 1 atom stereocenters. The van der Waals surface area contributed by atoms with Crippen molar-refractivity contribution in [3.8, 4) is 5.75 Å². The lowest BCUT2D eigenvalue weighted by Gasteiger charge is -2.25. The number of methoxy groups -OCH3 is 1. The normalized spacial score (nSPS) is 18.3. The molecule has 1 heterocycles. The molecule has 1 unspecified atom stereocenters. The van der Waals surface area contributed by atoms with E-state index in [1.807, 2.05) is 30.1 Å². The highest BCUT2D eigenvalue weighted by molar-refractivity contribution is 5.77. The number of hydrogen-bond acceptors (Lipinski definition) is 3. The predicted molar refractivity (Wildman–Crippen MR) is 79.8 cm³/mol. The van der Waals surface area contributed by atoms with Crippen molar-refractivity contribution in [1.29, 1.82) is 0 Å². The van der Waals surface area contributed by atoms with E-state index in [0.717, 1.165) is 38.1 Å². The summed E-state index contributed by atoms with van der Waals surface area (Å²) in [6.07, 6.45) is 3.66. The first-order valence-corrected chi connectivity index (χ1v) is 7.34. The molecule has 20 heavy (non-hydrogen) atoms. The Labute approximate surface area is 121 Å². The van der Waals surface area contributed by atoms with Gasteiger partial charge in [-0.25, -0.2) is 0 Å². The standard InChI is InChI=1S/C16H24N2O2/c1-17-10-4-9-16(19)18-11-5-8-15(18)13-6-3-7-14(12-13)20-2/h3,6-7,12,15,17H,4-5,8-11H2,1-2H3. The largest absolute Gasteiger partial charge is 0.497 e. The molecule has 4 nitrogen and oxygen atoms in total. The van der Waals surface area contributed by atoms with Gasteiger partial charge in [-0.1, -0.05) is 12.1 Å². The van der Waals surface area contributed by atoms with Gasteiger partial charge >= 0.3 is 0 Å². The van der Waals surface area contributed by atoms with Crippen LogP contribution in [0, 0.1) is 0 Å². The maximum Gasteiger partial charge on any atom is 0.223 e. The van der Waals surface area contributed by atoms with Crippen LogP contribution in [0.2, 0.25) is 0 Å². The predicted octanol–water partition coefficient (Wildman–Crippen LogP) is 2.36. The molecule has 0 bridgehead atoms. The Hall–Kier alpha value is -1.55. The molecule has 0 radical (unpaired) electrons. The molecule has 1 amide bonds. The number of rotatable bonds is 6. The van der Waals surface area contributed by atoms with Crippen molar-refractivity contribution in [2.45, 2.75) is 31.7 Å². The lowest BCUT2D eigenvalue weighted by atomic mass is 10.0. The average molecular weight is 276 g/mol. The lowest BCUT2D eigenvalue weighted by Crippen LogP contribution is -2.30. The van der Waals surface area contributed by atoms with Gasteiger partial charge in [-0.15, -0.1) is 0 Å². The number of likely N-dealkylation sites (tertiary alicyclic amines) is 1. The van der Waals surface area contributed by atoms with Crippen molar-refractivity contribution >= 4 is 5.91 Å². The smallest absolute Gasteiger partial charge is 0.223 e. The molecule has 0 saturated carbocycles. The van der Waals surface area contributed by atoms with E-state index in [-0.39, 0.29) is 11.9 Å². The van der Waals surface area contributed by atoms with Gasteiger partial charge in [0.05, 0.1) is 13.2 Å². The van der Waals surface area contributed by atoms with Gasteiger partial charge in [0.2, 0.25) is 5.91 Å². The fraction of sp³-hybridized carbons (Fsp3) is 0.562. The highest BCUT2D eigenvalue weighted by Gasteiger charge is 2.29. The zero-order chi connectivity index (χ0) is 14.4. The van der Waals surface area contributed by atoms with Gasteiger partial charge in [-0.05, 0) is 50.6 Å². The van der Waals surface area contributed by atoms with E-state index in [1.54, 1.807) is 7.11 Å². The van der Waals surface area contributed by atoms with Gasteiger partial charge in [0.1, 0.15) is 5.75 Å². The zero-order valence-electron chi connectivity index (χ0n) is 12.4. The highest BCUT2D eigenvalue weighted by Crippen LogP contribution is 2.33. The monoisotopic (exact) mass is 276 g/mol. The minimum atomic E-state index is 0.215. The van der Waals surface area contributed by atoms with Gasteiger partial charge in [0, 0.05) is 13.0 Å². The first-order chi connectivity index (χ1) is 9.76. The van der Waals surface area contributed by atoms with Crippen molar-refractivity contribution in [2.75, 3.05) is 27.2 Å². The third-order valence-corrected chi connectivity index (χ3v) is 3.87. The number of nitrogens with one attached hydrogen (secondary N) is 1. The number of nitrogens with zero attached hydrogens (tertiary/aromatic N) is 1. The summed E-state index contributed by atoms with van der Waals surface area (Å²) < 4.78 is 5.28.